The van der Waals surface area contributed by atoms with Crippen LogP contribution < -0.4 is 19.8 Å². The fraction of sp³-hybridized carbons (Fsp3) is 0.316. The van der Waals surface area contributed by atoms with Crippen molar-refractivity contribution >= 4 is 10.0 Å². The van der Waals surface area contributed by atoms with Gasteiger partial charge < -0.3 is 9.47 Å². The first-order valence-electron chi connectivity index (χ1n) is 9.08. The van der Waals surface area contributed by atoms with Gasteiger partial charge in [0.15, 0.2) is 5.82 Å². The molecule has 10 nitrogen and oxygen atoms in total. The Balaban J connectivity index is 1.77. The maximum atomic E-state index is 12.7. The van der Waals surface area contributed by atoms with Crippen LogP contribution >= 0.6 is 0 Å². The SMILES string of the molecule is COc1ccc(S(=O)(=O)NCCn2nc(-n3nc(C)cc3C)ccc2=O)c(OC)c1. The van der Waals surface area contributed by atoms with Crippen molar-refractivity contribution < 1.29 is 17.9 Å². The van der Waals surface area contributed by atoms with E-state index in [1.807, 2.05) is 19.9 Å². The third-order valence-electron chi connectivity index (χ3n) is 4.36. The number of hydrogen-bond donors (Lipinski definition) is 1. The minimum Gasteiger partial charge on any atom is -0.497 e. The van der Waals surface area contributed by atoms with Gasteiger partial charge in [-0.25, -0.2) is 22.5 Å². The largest absolute Gasteiger partial charge is 0.497 e. The molecule has 2 aromatic heterocycles. The number of aryl methyl sites for hydroxylation is 2. The number of nitrogens with zero attached hydrogens (tertiary/aromatic N) is 4. The summed E-state index contributed by atoms with van der Waals surface area (Å²) in [4.78, 5) is 12.1. The van der Waals surface area contributed by atoms with E-state index in [-0.39, 0.29) is 29.3 Å². The van der Waals surface area contributed by atoms with E-state index in [1.165, 1.54) is 43.2 Å². The number of ether oxygens (including phenoxy) is 2. The molecule has 0 aliphatic heterocycles. The van der Waals surface area contributed by atoms with Crippen LogP contribution in [0.2, 0.25) is 0 Å². The smallest absolute Gasteiger partial charge is 0.266 e. The standard InChI is InChI=1S/C19H23N5O5S/c1-13-11-14(2)24(21-13)18-7-8-19(25)23(22-18)10-9-20-30(26,27)17-6-5-15(28-3)12-16(17)29-4/h5-8,11-12,20H,9-10H2,1-4H3. The van der Waals surface area contributed by atoms with Gasteiger partial charge in [0.2, 0.25) is 10.0 Å². The van der Waals surface area contributed by atoms with Crippen LogP contribution in [0.3, 0.4) is 0 Å². The number of sulfonamides is 1. The first-order chi connectivity index (χ1) is 14.2. The lowest BCUT2D eigenvalue weighted by atomic mass is 10.3. The molecule has 0 aliphatic rings. The Hall–Kier alpha value is -3.18. The van der Waals surface area contributed by atoms with Crippen LogP contribution in [0.4, 0.5) is 0 Å². The Morgan fingerprint density at radius 1 is 1.03 bits per heavy atom. The van der Waals surface area contributed by atoms with Crippen LogP contribution in [-0.4, -0.2) is 48.7 Å². The molecule has 0 amide bonds. The maximum absolute atomic E-state index is 12.7. The highest BCUT2D eigenvalue weighted by atomic mass is 32.2. The van der Waals surface area contributed by atoms with Crippen LogP contribution in [0.1, 0.15) is 11.4 Å². The second-order valence-corrected chi connectivity index (χ2v) is 8.24. The summed E-state index contributed by atoms with van der Waals surface area (Å²) < 4.78 is 40.9. The van der Waals surface area contributed by atoms with Crippen molar-refractivity contribution in [3.8, 4) is 17.3 Å². The lowest BCUT2D eigenvalue weighted by molar-refractivity contribution is 0.386. The highest BCUT2D eigenvalue weighted by Crippen LogP contribution is 2.28. The molecule has 2 heterocycles. The molecule has 11 heteroatoms. The van der Waals surface area contributed by atoms with Crippen molar-refractivity contribution in [3.05, 3.63) is 58.1 Å². The Bertz CT molecular complexity index is 1220. The average Bonchev–Trinajstić information content (AvgIpc) is 3.06. The lowest BCUT2D eigenvalue weighted by Gasteiger charge is -2.12. The summed E-state index contributed by atoms with van der Waals surface area (Å²) in [6.45, 7) is 3.75. The molecule has 1 N–H and O–H groups in total. The molecular weight excluding hydrogens is 410 g/mol. The fourth-order valence-electron chi connectivity index (χ4n) is 2.93. The van der Waals surface area contributed by atoms with Crippen LogP contribution in [0.5, 0.6) is 11.5 Å². The van der Waals surface area contributed by atoms with Crippen molar-refractivity contribution in [2.24, 2.45) is 0 Å². The number of benzene rings is 1. The van der Waals surface area contributed by atoms with Crippen molar-refractivity contribution in [3.63, 3.8) is 0 Å². The summed E-state index contributed by atoms with van der Waals surface area (Å²) in [5, 5.41) is 8.64. The van der Waals surface area contributed by atoms with Crippen molar-refractivity contribution in [1.29, 1.82) is 0 Å². The molecule has 0 fully saturated rings. The summed E-state index contributed by atoms with van der Waals surface area (Å²) >= 11 is 0. The minimum absolute atomic E-state index is 0.0255. The Kier molecular flexibility index (Phi) is 6.22. The van der Waals surface area contributed by atoms with Gasteiger partial charge in [-0.15, -0.1) is 5.10 Å². The summed E-state index contributed by atoms with van der Waals surface area (Å²) in [5.41, 5.74) is 1.35. The zero-order valence-electron chi connectivity index (χ0n) is 17.1. The van der Waals surface area contributed by atoms with Gasteiger partial charge in [-0.1, -0.05) is 0 Å². The van der Waals surface area contributed by atoms with Gasteiger partial charge >= 0.3 is 0 Å². The molecule has 0 saturated carbocycles. The molecule has 0 unspecified atom stereocenters. The summed E-state index contributed by atoms with van der Waals surface area (Å²) in [6.07, 6.45) is 0. The molecule has 0 radical (unpaired) electrons. The lowest BCUT2D eigenvalue weighted by Crippen LogP contribution is -2.32. The highest BCUT2D eigenvalue weighted by molar-refractivity contribution is 7.89. The van der Waals surface area contributed by atoms with Crippen LogP contribution in [0.15, 0.2) is 46.1 Å². The summed E-state index contributed by atoms with van der Waals surface area (Å²) in [6, 6.07) is 9.26. The van der Waals surface area contributed by atoms with E-state index in [0.717, 1.165) is 11.4 Å². The van der Waals surface area contributed by atoms with Gasteiger partial charge in [0.1, 0.15) is 16.4 Å². The summed E-state index contributed by atoms with van der Waals surface area (Å²) in [5.74, 6) is 1.10. The maximum Gasteiger partial charge on any atom is 0.266 e. The van der Waals surface area contributed by atoms with Crippen LogP contribution in [0.25, 0.3) is 5.82 Å². The van der Waals surface area contributed by atoms with Gasteiger partial charge in [0, 0.05) is 24.4 Å². The number of hydrogen-bond acceptors (Lipinski definition) is 7. The number of rotatable bonds is 8. The van der Waals surface area contributed by atoms with E-state index in [1.54, 1.807) is 10.7 Å². The Morgan fingerprint density at radius 2 is 1.80 bits per heavy atom. The van der Waals surface area contributed by atoms with Crippen molar-refractivity contribution in [1.82, 2.24) is 24.3 Å². The van der Waals surface area contributed by atoms with E-state index in [9.17, 15) is 13.2 Å². The molecule has 0 spiro atoms. The van der Waals surface area contributed by atoms with Gasteiger partial charge in [0.05, 0.1) is 26.5 Å². The molecule has 30 heavy (non-hydrogen) atoms. The monoisotopic (exact) mass is 433 g/mol. The molecule has 3 aromatic rings. The second kappa shape index (κ2) is 8.67. The zero-order valence-corrected chi connectivity index (χ0v) is 17.9. The summed E-state index contributed by atoms with van der Waals surface area (Å²) in [7, 11) is -1.01. The average molecular weight is 433 g/mol. The molecular formula is C19H23N5O5S. The number of nitrogens with one attached hydrogen (secondary N) is 1. The minimum atomic E-state index is -3.87. The van der Waals surface area contributed by atoms with Gasteiger partial charge in [-0.2, -0.15) is 5.10 Å². The first-order valence-corrected chi connectivity index (χ1v) is 10.6. The normalized spacial score (nSPS) is 11.5. The Labute approximate surface area is 174 Å². The molecule has 0 aliphatic carbocycles. The van der Waals surface area contributed by atoms with E-state index in [4.69, 9.17) is 9.47 Å². The van der Waals surface area contributed by atoms with Gasteiger partial charge in [-0.3, -0.25) is 4.79 Å². The quantitative estimate of drug-likeness (QED) is 0.564. The second-order valence-electron chi connectivity index (χ2n) is 6.51. The van der Waals surface area contributed by atoms with Crippen LogP contribution in [-0.2, 0) is 16.6 Å². The molecule has 0 bridgehead atoms. The van der Waals surface area contributed by atoms with Gasteiger partial charge in [0.25, 0.3) is 5.56 Å². The molecule has 160 valence electrons. The molecule has 0 saturated heterocycles. The third kappa shape index (κ3) is 4.52. The fourth-order valence-corrected chi connectivity index (χ4v) is 4.10. The third-order valence-corrected chi connectivity index (χ3v) is 5.86. The number of aromatic nitrogens is 4. The topological polar surface area (TPSA) is 117 Å². The molecule has 1 aromatic carbocycles. The van der Waals surface area contributed by atoms with E-state index >= 15 is 0 Å². The zero-order chi connectivity index (χ0) is 21.9. The van der Waals surface area contributed by atoms with Crippen molar-refractivity contribution in [2.45, 2.75) is 25.3 Å². The number of methoxy groups -OCH3 is 2. The van der Waals surface area contributed by atoms with E-state index < -0.39 is 10.0 Å². The van der Waals surface area contributed by atoms with E-state index in [0.29, 0.717) is 11.6 Å². The van der Waals surface area contributed by atoms with E-state index in [2.05, 4.69) is 14.9 Å². The highest BCUT2D eigenvalue weighted by Gasteiger charge is 2.20. The molecule has 3 rings (SSSR count). The molecule has 0 atom stereocenters. The van der Waals surface area contributed by atoms with Crippen LogP contribution in [0, 0.1) is 13.8 Å². The van der Waals surface area contributed by atoms with Crippen molar-refractivity contribution in [2.75, 3.05) is 20.8 Å². The first kappa shape index (κ1) is 21.5. The van der Waals surface area contributed by atoms with Gasteiger partial charge in [-0.05, 0) is 38.1 Å². The Morgan fingerprint density at radius 3 is 2.43 bits per heavy atom. The predicted octanol–water partition coefficient (Wildman–Crippen LogP) is 1.04. The predicted molar refractivity (Wildman–Crippen MR) is 110 cm³/mol.